The van der Waals surface area contributed by atoms with Gasteiger partial charge in [0, 0.05) is 13.1 Å². The van der Waals surface area contributed by atoms with Gasteiger partial charge in [-0.05, 0) is 24.4 Å². The Labute approximate surface area is 97.8 Å². The molecule has 88 valence electrons. The lowest BCUT2D eigenvalue weighted by molar-refractivity contribution is 0.320. The van der Waals surface area contributed by atoms with E-state index in [0.29, 0.717) is 0 Å². The fraction of sp³-hybridized carbons (Fsp3) is 0.462. The minimum atomic E-state index is 0.750. The van der Waals surface area contributed by atoms with Crippen molar-refractivity contribution in [1.29, 1.82) is 5.41 Å². The highest BCUT2D eigenvalue weighted by molar-refractivity contribution is 5.46. The molecule has 1 saturated heterocycles. The number of nitrogens with zero attached hydrogens (tertiary/aromatic N) is 1. The smallest absolute Gasteiger partial charge is 0.0765 e. The molecular weight excluding hydrogens is 198 g/mol. The van der Waals surface area contributed by atoms with Crippen molar-refractivity contribution in [3.63, 3.8) is 0 Å². The van der Waals surface area contributed by atoms with Gasteiger partial charge in [0.2, 0.25) is 0 Å². The van der Waals surface area contributed by atoms with Gasteiger partial charge in [-0.25, -0.2) is 0 Å². The topological polar surface area (TPSA) is 53.1 Å². The average molecular weight is 219 g/mol. The predicted octanol–water partition coefficient (Wildman–Crippen LogP) is 2.08. The largest absolute Gasteiger partial charge is 0.390 e. The molecule has 3 nitrogen and oxygen atoms in total. The van der Waals surface area contributed by atoms with Crippen LogP contribution >= 0.6 is 0 Å². The Morgan fingerprint density at radius 1 is 1.44 bits per heavy atom. The van der Waals surface area contributed by atoms with Crippen LogP contribution in [0.3, 0.4) is 0 Å². The second kappa shape index (κ2) is 7.01. The Hall–Kier alpha value is -1.35. The molecule has 0 spiro atoms. The van der Waals surface area contributed by atoms with Crippen molar-refractivity contribution >= 4 is 6.34 Å². The first-order chi connectivity index (χ1) is 7.76. The summed E-state index contributed by atoms with van der Waals surface area (Å²) in [5.41, 5.74) is 5.83. The summed E-state index contributed by atoms with van der Waals surface area (Å²) in [6.45, 7) is 6.02. The van der Waals surface area contributed by atoms with Crippen LogP contribution in [0.1, 0.15) is 18.9 Å². The summed E-state index contributed by atoms with van der Waals surface area (Å²) in [4.78, 5) is 2.54. The van der Waals surface area contributed by atoms with E-state index in [-0.39, 0.29) is 0 Å². The van der Waals surface area contributed by atoms with E-state index in [1.165, 1.54) is 25.1 Å². The van der Waals surface area contributed by atoms with Gasteiger partial charge in [-0.1, -0.05) is 37.3 Å². The van der Waals surface area contributed by atoms with Gasteiger partial charge in [0.25, 0.3) is 0 Å². The van der Waals surface area contributed by atoms with Gasteiger partial charge < -0.3 is 5.73 Å². The first-order valence-corrected chi connectivity index (χ1v) is 5.73. The van der Waals surface area contributed by atoms with Gasteiger partial charge in [-0.3, -0.25) is 10.3 Å². The molecule has 0 bridgehead atoms. The standard InChI is InChI=1S/C12H17N.CH4N2/c1-11-7-8-13(9-11)10-12-5-3-2-4-6-12;2-1-3/h2-6,11H,7-10H2,1H3;1H,(H3,2,3)/t11-;/m0./s1. The van der Waals surface area contributed by atoms with Crippen LogP contribution in [-0.4, -0.2) is 24.3 Å². The van der Waals surface area contributed by atoms with Gasteiger partial charge in [-0.15, -0.1) is 0 Å². The molecule has 1 atom stereocenters. The molecule has 0 aromatic heterocycles. The highest BCUT2D eigenvalue weighted by Gasteiger charge is 2.17. The SMILES string of the molecule is C[C@H]1CCN(Cc2ccccc2)C1.N=CN. The van der Waals surface area contributed by atoms with Crippen molar-refractivity contribution in [2.24, 2.45) is 11.7 Å². The maximum Gasteiger partial charge on any atom is 0.0765 e. The molecular formula is C13H21N3. The molecule has 2 rings (SSSR count). The van der Waals surface area contributed by atoms with E-state index < -0.39 is 0 Å². The van der Waals surface area contributed by atoms with E-state index in [4.69, 9.17) is 5.41 Å². The van der Waals surface area contributed by atoms with Gasteiger partial charge in [0.1, 0.15) is 0 Å². The minimum absolute atomic E-state index is 0.750. The molecule has 1 aliphatic rings. The third kappa shape index (κ3) is 4.45. The zero-order valence-corrected chi connectivity index (χ0v) is 9.89. The summed E-state index contributed by atoms with van der Waals surface area (Å²) in [5.74, 6) is 0.892. The molecule has 0 amide bonds. The van der Waals surface area contributed by atoms with E-state index in [1.807, 2.05) is 0 Å². The Morgan fingerprint density at radius 3 is 2.56 bits per heavy atom. The summed E-state index contributed by atoms with van der Waals surface area (Å²) in [7, 11) is 0. The summed E-state index contributed by atoms with van der Waals surface area (Å²) in [5, 5.41) is 5.86. The van der Waals surface area contributed by atoms with Crippen LogP contribution in [0.2, 0.25) is 0 Å². The molecule has 0 unspecified atom stereocenters. The number of nitrogens with two attached hydrogens (primary N) is 1. The summed E-state index contributed by atoms with van der Waals surface area (Å²) >= 11 is 0. The zero-order valence-electron chi connectivity index (χ0n) is 9.89. The molecule has 1 fully saturated rings. The average Bonchev–Trinajstić information content (AvgIpc) is 2.67. The molecule has 0 radical (unpaired) electrons. The van der Waals surface area contributed by atoms with Gasteiger partial charge >= 0.3 is 0 Å². The summed E-state index contributed by atoms with van der Waals surface area (Å²) in [6, 6.07) is 10.7. The third-order valence-electron chi connectivity index (χ3n) is 2.76. The van der Waals surface area contributed by atoms with E-state index in [2.05, 4.69) is 47.9 Å². The Balaban J connectivity index is 0.000000386. The predicted molar refractivity (Wildman–Crippen MR) is 68.5 cm³/mol. The van der Waals surface area contributed by atoms with Crippen molar-refractivity contribution in [2.45, 2.75) is 19.9 Å². The quantitative estimate of drug-likeness (QED) is 0.591. The second-order valence-corrected chi connectivity index (χ2v) is 4.28. The second-order valence-electron chi connectivity index (χ2n) is 4.28. The zero-order chi connectivity index (χ0) is 11.8. The summed E-state index contributed by atoms with van der Waals surface area (Å²) in [6.07, 6.45) is 2.12. The number of hydrogen-bond donors (Lipinski definition) is 2. The van der Waals surface area contributed by atoms with Crippen LogP contribution < -0.4 is 5.73 Å². The maximum absolute atomic E-state index is 5.86. The maximum atomic E-state index is 5.86. The van der Waals surface area contributed by atoms with Crippen molar-refractivity contribution in [3.8, 4) is 0 Å². The number of rotatable bonds is 2. The Kier molecular flexibility index (Phi) is 5.57. The monoisotopic (exact) mass is 219 g/mol. The number of hydrogen-bond acceptors (Lipinski definition) is 2. The van der Waals surface area contributed by atoms with E-state index in [9.17, 15) is 0 Å². The van der Waals surface area contributed by atoms with Crippen LogP contribution in [-0.2, 0) is 6.54 Å². The first-order valence-electron chi connectivity index (χ1n) is 5.73. The molecule has 16 heavy (non-hydrogen) atoms. The Bertz CT molecular complexity index is 297. The molecule has 1 heterocycles. The van der Waals surface area contributed by atoms with Crippen molar-refractivity contribution in [1.82, 2.24) is 4.90 Å². The third-order valence-corrected chi connectivity index (χ3v) is 2.76. The van der Waals surface area contributed by atoms with Crippen LogP contribution in [0.15, 0.2) is 30.3 Å². The van der Waals surface area contributed by atoms with E-state index in [1.54, 1.807) is 0 Å². The fourth-order valence-corrected chi connectivity index (χ4v) is 2.01. The van der Waals surface area contributed by atoms with Crippen molar-refractivity contribution in [2.75, 3.05) is 13.1 Å². The van der Waals surface area contributed by atoms with E-state index >= 15 is 0 Å². The molecule has 1 aromatic rings. The van der Waals surface area contributed by atoms with Crippen molar-refractivity contribution < 1.29 is 0 Å². The van der Waals surface area contributed by atoms with Crippen LogP contribution in [0.25, 0.3) is 0 Å². The number of likely N-dealkylation sites (tertiary alicyclic amines) is 1. The molecule has 1 aromatic carbocycles. The Morgan fingerprint density at radius 2 is 2.06 bits per heavy atom. The van der Waals surface area contributed by atoms with Crippen molar-refractivity contribution in [3.05, 3.63) is 35.9 Å². The highest BCUT2D eigenvalue weighted by atomic mass is 15.1. The molecule has 3 heteroatoms. The lowest BCUT2D eigenvalue weighted by Gasteiger charge is -2.14. The summed E-state index contributed by atoms with van der Waals surface area (Å²) < 4.78 is 0. The van der Waals surface area contributed by atoms with Crippen LogP contribution in [0, 0.1) is 11.3 Å². The van der Waals surface area contributed by atoms with E-state index in [0.717, 1.165) is 18.8 Å². The molecule has 0 saturated carbocycles. The molecule has 0 aliphatic carbocycles. The molecule has 3 N–H and O–H groups in total. The van der Waals surface area contributed by atoms with Gasteiger partial charge in [0.05, 0.1) is 6.34 Å². The van der Waals surface area contributed by atoms with Gasteiger partial charge in [-0.2, -0.15) is 0 Å². The van der Waals surface area contributed by atoms with Crippen LogP contribution in [0.5, 0.6) is 0 Å². The molecule has 1 aliphatic heterocycles. The highest BCUT2D eigenvalue weighted by Crippen LogP contribution is 2.17. The number of benzene rings is 1. The fourth-order valence-electron chi connectivity index (χ4n) is 2.01. The van der Waals surface area contributed by atoms with Gasteiger partial charge in [0.15, 0.2) is 0 Å². The first kappa shape index (κ1) is 12.7. The normalized spacial score (nSPS) is 19.9. The van der Waals surface area contributed by atoms with Crippen LogP contribution in [0.4, 0.5) is 0 Å². The lowest BCUT2D eigenvalue weighted by Crippen LogP contribution is -2.19. The minimum Gasteiger partial charge on any atom is -0.390 e. The number of nitrogens with one attached hydrogen (secondary N) is 1. The lowest BCUT2D eigenvalue weighted by atomic mass is 10.2.